The quantitative estimate of drug-likeness (QED) is 0.798. The van der Waals surface area contributed by atoms with Gasteiger partial charge in [0.15, 0.2) is 0 Å². The van der Waals surface area contributed by atoms with E-state index in [-0.39, 0.29) is 6.04 Å². The van der Waals surface area contributed by atoms with Gasteiger partial charge in [-0.25, -0.2) is 0 Å². The van der Waals surface area contributed by atoms with Crippen LogP contribution < -0.4 is 5.32 Å². The number of rotatable bonds is 2. The lowest BCUT2D eigenvalue weighted by molar-refractivity contribution is -0.140. The molecule has 2 atom stereocenters. The molecule has 2 unspecified atom stereocenters. The van der Waals surface area contributed by atoms with E-state index < -0.39 is 12.0 Å². The van der Waals surface area contributed by atoms with Crippen molar-refractivity contribution in [3.63, 3.8) is 0 Å². The van der Waals surface area contributed by atoms with Gasteiger partial charge in [0.05, 0.1) is 0 Å². The van der Waals surface area contributed by atoms with Crippen molar-refractivity contribution in [2.24, 2.45) is 0 Å². The molecule has 0 spiro atoms. The standard InChI is InChI=1S/C13H17NO2/c1-3-9-5-4-6-10-11(9)7-8(2)14-12(10)13(15)16/h4-6,8,12,14H,3,7H2,1-2H3,(H,15,16). The van der Waals surface area contributed by atoms with Gasteiger partial charge >= 0.3 is 5.97 Å². The monoisotopic (exact) mass is 219 g/mol. The van der Waals surface area contributed by atoms with Gasteiger partial charge < -0.3 is 5.11 Å². The largest absolute Gasteiger partial charge is 0.480 e. The lowest BCUT2D eigenvalue weighted by Crippen LogP contribution is -2.41. The van der Waals surface area contributed by atoms with Gasteiger partial charge in [-0.05, 0) is 36.5 Å². The van der Waals surface area contributed by atoms with Crippen LogP contribution in [0.4, 0.5) is 0 Å². The number of aliphatic carboxylic acids is 1. The van der Waals surface area contributed by atoms with Crippen molar-refractivity contribution in [3.05, 3.63) is 34.9 Å². The number of carbonyl (C=O) groups is 1. The average molecular weight is 219 g/mol. The van der Waals surface area contributed by atoms with Crippen LogP contribution in [0, 0.1) is 0 Å². The zero-order valence-corrected chi connectivity index (χ0v) is 9.66. The van der Waals surface area contributed by atoms with Crippen molar-refractivity contribution in [1.82, 2.24) is 5.32 Å². The molecule has 86 valence electrons. The van der Waals surface area contributed by atoms with Crippen LogP contribution in [-0.4, -0.2) is 17.1 Å². The lowest BCUT2D eigenvalue weighted by Gasteiger charge is -2.30. The summed E-state index contributed by atoms with van der Waals surface area (Å²) in [5.74, 6) is -0.791. The summed E-state index contributed by atoms with van der Waals surface area (Å²) in [4.78, 5) is 11.2. The first-order valence-corrected chi connectivity index (χ1v) is 5.73. The summed E-state index contributed by atoms with van der Waals surface area (Å²) < 4.78 is 0. The average Bonchev–Trinajstić information content (AvgIpc) is 2.27. The van der Waals surface area contributed by atoms with Crippen molar-refractivity contribution in [3.8, 4) is 0 Å². The highest BCUT2D eigenvalue weighted by Gasteiger charge is 2.29. The fraction of sp³-hybridized carbons (Fsp3) is 0.462. The third-order valence-electron chi connectivity index (χ3n) is 3.21. The molecular weight excluding hydrogens is 202 g/mol. The Morgan fingerprint density at radius 3 is 2.94 bits per heavy atom. The van der Waals surface area contributed by atoms with Crippen molar-refractivity contribution < 1.29 is 9.90 Å². The molecule has 0 fully saturated rings. The molecule has 1 heterocycles. The SMILES string of the molecule is CCc1cccc2c1CC(C)NC2C(=O)O. The Morgan fingerprint density at radius 2 is 2.31 bits per heavy atom. The van der Waals surface area contributed by atoms with E-state index in [1.807, 2.05) is 19.1 Å². The van der Waals surface area contributed by atoms with Gasteiger partial charge in [-0.1, -0.05) is 25.1 Å². The summed E-state index contributed by atoms with van der Waals surface area (Å²) in [6.07, 6.45) is 1.88. The van der Waals surface area contributed by atoms with Gasteiger partial charge in [0, 0.05) is 6.04 Å². The van der Waals surface area contributed by atoms with Crippen LogP contribution in [0.2, 0.25) is 0 Å². The van der Waals surface area contributed by atoms with E-state index in [2.05, 4.69) is 18.3 Å². The van der Waals surface area contributed by atoms with E-state index in [0.717, 1.165) is 18.4 Å². The maximum Gasteiger partial charge on any atom is 0.325 e. The molecule has 0 saturated heterocycles. The van der Waals surface area contributed by atoms with Crippen molar-refractivity contribution >= 4 is 5.97 Å². The molecule has 0 aromatic heterocycles. The highest BCUT2D eigenvalue weighted by molar-refractivity contribution is 5.77. The third-order valence-corrected chi connectivity index (χ3v) is 3.21. The highest BCUT2D eigenvalue weighted by atomic mass is 16.4. The Balaban J connectivity index is 2.51. The molecule has 0 amide bonds. The molecule has 16 heavy (non-hydrogen) atoms. The normalized spacial score (nSPS) is 23.9. The molecule has 1 aliphatic rings. The van der Waals surface area contributed by atoms with Crippen molar-refractivity contribution in [2.75, 3.05) is 0 Å². The Kier molecular flexibility index (Phi) is 2.97. The zero-order chi connectivity index (χ0) is 11.7. The lowest BCUT2D eigenvalue weighted by atomic mass is 9.86. The summed E-state index contributed by atoms with van der Waals surface area (Å²) >= 11 is 0. The Bertz CT molecular complexity index is 414. The van der Waals surface area contributed by atoms with Gasteiger partial charge in [-0.2, -0.15) is 0 Å². The topological polar surface area (TPSA) is 49.3 Å². The molecule has 2 rings (SSSR count). The summed E-state index contributed by atoms with van der Waals surface area (Å²) in [6.45, 7) is 4.14. The van der Waals surface area contributed by atoms with Crippen molar-refractivity contribution in [1.29, 1.82) is 0 Å². The number of carboxylic acids is 1. The van der Waals surface area contributed by atoms with Crippen LogP contribution in [0.5, 0.6) is 0 Å². The maximum atomic E-state index is 11.2. The molecule has 0 saturated carbocycles. The molecule has 2 N–H and O–H groups in total. The predicted molar refractivity (Wildman–Crippen MR) is 62.5 cm³/mol. The third kappa shape index (κ3) is 1.83. The molecule has 3 heteroatoms. The number of nitrogens with one attached hydrogen (secondary N) is 1. The number of hydrogen-bond donors (Lipinski definition) is 2. The number of carboxylic acid groups (broad SMARTS) is 1. The molecule has 1 aromatic rings. The first kappa shape index (κ1) is 11.1. The highest BCUT2D eigenvalue weighted by Crippen LogP contribution is 2.28. The van der Waals surface area contributed by atoms with E-state index in [0.29, 0.717) is 0 Å². The summed E-state index contributed by atoms with van der Waals surface area (Å²) in [5, 5.41) is 12.3. The van der Waals surface area contributed by atoms with Gasteiger partial charge in [-0.15, -0.1) is 0 Å². The number of hydrogen-bond acceptors (Lipinski definition) is 2. The summed E-state index contributed by atoms with van der Waals surface area (Å²) in [6, 6.07) is 5.64. The van der Waals surface area contributed by atoms with Crippen LogP contribution in [0.15, 0.2) is 18.2 Å². The second-order valence-corrected chi connectivity index (χ2v) is 4.38. The Labute approximate surface area is 95.5 Å². The van der Waals surface area contributed by atoms with Crippen LogP contribution in [0.3, 0.4) is 0 Å². The van der Waals surface area contributed by atoms with E-state index in [1.54, 1.807) is 0 Å². The van der Waals surface area contributed by atoms with Crippen LogP contribution >= 0.6 is 0 Å². The van der Waals surface area contributed by atoms with Gasteiger partial charge in [-0.3, -0.25) is 10.1 Å². The fourth-order valence-corrected chi connectivity index (χ4v) is 2.45. The minimum absolute atomic E-state index is 0.223. The molecule has 1 aliphatic heterocycles. The smallest absolute Gasteiger partial charge is 0.325 e. The zero-order valence-electron chi connectivity index (χ0n) is 9.66. The first-order chi connectivity index (χ1) is 7.63. The van der Waals surface area contributed by atoms with Gasteiger partial charge in [0.1, 0.15) is 6.04 Å². The van der Waals surface area contributed by atoms with Gasteiger partial charge in [0.2, 0.25) is 0 Å². The van der Waals surface area contributed by atoms with E-state index >= 15 is 0 Å². The minimum Gasteiger partial charge on any atom is -0.480 e. The number of aryl methyl sites for hydroxylation is 1. The Morgan fingerprint density at radius 1 is 1.56 bits per heavy atom. The number of benzene rings is 1. The molecule has 0 aliphatic carbocycles. The second kappa shape index (κ2) is 4.26. The minimum atomic E-state index is -0.791. The first-order valence-electron chi connectivity index (χ1n) is 5.73. The van der Waals surface area contributed by atoms with Crippen LogP contribution in [-0.2, 0) is 17.6 Å². The molecule has 3 nitrogen and oxygen atoms in total. The van der Waals surface area contributed by atoms with Crippen LogP contribution in [0.25, 0.3) is 0 Å². The van der Waals surface area contributed by atoms with Crippen molar-refractivity contribution in [2.45, 2.75) is 38.8 Å². The molecular formula is C13H17NO2. The summed E-state index contributed by atoms with van der Waals surface area (Å²) in [7, 11) is 0. The number of fused-ring (bicyclic) bond motifs is 1. The summed E-state index contributed by atoms with van der Waals surface area (Å²) in [5.41, 5.74) is 3.44. The van der Waals surface area contributed by atoms with E-state index in [9.17, 15) is 9.90 Å². The van der Waals surface area contributed by atoms with Crippen LogP contribution in [0.1, 0.15) is 36.6 Å². The molecule has 0 radical (unpaired) electrons. The second-order valence-electron chi connectivity index (χ2n) is 4.38. The van der Waals surface area contributed by atoms with E-state index in [4.69, 9.17) is 0 Å². The fourth-order valence-electron chi connectivity index (χ4n) is 2.45. The van der Waals surface area contributed by atoms with Gasteiger partial charge in [0.25, 0.3) is 0 Å². The van der Waals surface area contributed by atoms with E-state index in [1.165, 1.54) is 11.1 Å². The predicted octanol–water partition coefficient (Wildman–Crippen LogP) is 1.91. The maximum absolute atomic E-state index is 11.2. The molecule has 0 bridgehead atoms. The molecule has 1 aromatic carbocycles. The Hall–Kier alpha value is -1.35.